The summed E-state index contributed by atoms with van der Waals surface area (Å²) in [6.07, 6.45) is 2.19. The van der Waals surface area contributed by atoms with Crippen LogP contribution in [0.15, 0.2) is 54.6 Å². The van der Waals surface area contributed by atoms with E-state index in [-0.39, 0.29) is 10.9 Å². The van der Waals surface area contributed by atoms with E-state index in [1.54, 1.807) is 24.3 Å². The molecular formula is C24H21N3O4S2. The summed E-state index contributed by atoms with van der Waals surface area (Å²) in [6, 6.07) is 14.8. The third kappa shape index (κ3) is 4.46. The SMILES string of the molecule is CSCCC(C(=O)Nc1nc(-c2ccccc2)c(C(C)=O)s1)N1C(=O)c2ccccc2C1=O. The van der Waals surface area contributed by atoms with E-state index < -0.39 is 23.8 Å². The number of ketones is 1. The van der Waals surface area contributed by atoms with Gasteiger partial charge in [-0.3, -0.25) is 24.1 Å². The standard InChI is InChI=1S/C24H21N3O4S2/c1-14(28)20-19(15-8-4-3-5-9-15)25-24(33-20)26-21(29)18(12-13-32-2)27-22(30)16-10-6-7-11-17(16)23(27)31/h3-11,18H,12-13H2,1-2H3,(H,25,26,29). The van der Waals surface area contributed by atoms with Crippen LogP contribution < -0.4 is 5.32 Å². The predicted molar refractivity (Wildman–Crippen MR) is 130 cm³/mol. The smallest absolute Gasteiger partial charge is 0.262 e. The summed E-state index contributed by atoms with van der Waals surface area (Å²) in [7, 11) is 0. The molecule has 0 fully saturated rings. The Kier molecular flexibility index (Phi) is 6.71. The number of Topliss-reactive ketones (excluding diaryl/α,β-unsaturated/α-hetero) is 1. The molecule has 2 aromatic carbocycles. The number of aromatic nitrogens is 1. The number of imide groups is 1. The second-order valence-electron chi connectivity index (χ2n) is 7.43. The first-order valence-corrected chi connectivity index (χ1v) is 12.5. The summed E-state index contributed by atoms with van der Waals surface area (Å²) < 4.78 is 0. The molecule has 0 saturated carbocycles. The number of thioether (sulfide) groups is 1. The van der Waals surface area contributed by atoms with Crippen molar-refractivity contribution in [1.82, 2.24) is 9.88 Å². The highest BCUT2D eigenvalue weighted by Crippen LogP contribution is 2.32. The van der Waals surface area contributed by atoms with Gasteiger partial charge < -0.3 is 5.32 Å². The minimum atomic E-state index is -0.991. The highest BCUT2D eigenvalue weighted by atomic mass is 32.2. The highest BCUT2D eigenvalue weighted by molar-refractivity contribution is 7.98. The van der Waals surface area contributed by atoms with Crippen LogP contribution >= 0.6 is 23.1 Å². The fourth-order valence-electron chi connectivity index (χ4n) is 3.69. The summed E-state index contributed by atoms with van der Waals surface area (Å²) >= 11 is 2.60. The van der Waals surface area contributed by atoms with Gasteiger partial charge in [-0.25, -0.2) is 4.98 Å². The summed E-state index contributed by atoms with van der Waals surface area (Å²) in [5.41, 5.74) is 1.84. The van der Waals surface area contributed by atoms with E-state index in [0.29, 0.717) is 33.9 Å². The van der Waals surface area contributed by atoms with Crippen LogP contribution in [0.2, 0.25) is 0 Å². The summed E-state index contributed by atoms with van der Waals surface area (Å²) in [4.78, 5) is 57.4. The number of hydrogen-bond acceptors (Lipinski definition) is 7. The second kappa shape index (κ2) is 9.68. The van der Waals surface area contributed by atoms with Gasteiger partial charge in [0.1, 0.15) is 6.04 Å². The number of benzene rings is 2. The molecule has 3 amide bonds. The lowest BCUT2D eigenvalue weighted by Crippen LogP contribution is -2.47. The number of amides is 3. The monoisotopic (exact) mass is 479 g/mol. The van der Waals surface area contributed by atoms with E-state index in [2.05, 4.69) is 10.3 Å². The van der Waals surface area contributed by atoms with Gasteiger partial charge in [0.15, 0.2) is 10.9 Å². The molecule has 1 aliphatic heterocycles. The van der Waals surface area contributed by atoms with E-state index in [0.717, 1.165) is 21.8 Å². The van der Waals surface area contributed by atoms with E-state index in [1.165, 1.54) is 18.7 Å². The molecule has 1 aromatic heterocycles. The first-order chi connectivity index (χ1) is 15.9. The largest absolute Gasteiger partial charge is 0.300 e. The Balaban J connectivity index is 1.63. The molecule has 7 nitrogen and oxygen atoms in total. The number of rotatable bonds is 8. The Morgan fingerprint density at radius 1 is 1.03 bits per heavy atom. The number of hydrogen-bond donors (Lipinski definition) is 1. The van der Waals surface area contributed by atoms with Crippen molar-refractivity contribution in [3.63, 3.8) is 0 Å². The van der Waals surface area contributed by atoms with E-state index in [9.17, 15) is 19.2 Å². The first-order valence-electron chi connectivity index (χ1n) is 10.3. The summed E-state index contributed by atoms with van der Waals surface area (Å²) in [6.45, 7) is 1.45. The zero-order valence-corrected chi connectivity index (χ0v) is 19.7. The molecule has 0 radical (unpaired) electrons. The first kappa shape index (κ1) is 22.9. The number of carbonyl (C=O) groups excluding carboxylic acids is 4. The van der Waals surface area contributed by atoms with Crippen molar-refractivity contribution in [2.75, 3.05) is 17.3 Å². The third-order valence-corrected chi connectivity index (χ3v) is 6.98. The van der Waals surface area contributed by atoms with Gasteiger partial charge in [0.2, 0.25) is 5.91 Å². The number of nitrogens with one attached hydrogen (secondary N) is 1. The van der Waals surface area contributed by atoms with Gasteiger partial charge in [0.25, 0.3) is 11.8 Å². The third-order valence-electron chi connectivity index (χ3n) is 5.26. The number of thiazole rings is 1. The molecule has 1 aliphatic rings. The van der Waals surface area contributed by atoms with Crippen molar-refractivity contribution >= 4 is 51.7 Å². The van der Waals surface area contributed by atoms with Crippen molar-refractivity contribution in [2.45, 2.75) is 19.4 Å². The molecule has 0 aliphatic carbocycles. The quantitative estimate of drug-likeness (QED) is 0.381. The van der Waals surface area contributed by atoms with Gasteiger partial charge in [0, 0.05) is 12.5 Å². The minimum Gasteiger partial charge on any atom is -0.300 e. The summed E-state index contributed by atoms with van der Waals surface area (Å²) in [5, 5.41) is 2.99. The molecule has 4 rings (SSSR count). The van der Waals surface area contributed by atoms with Crippen LogP contribution in [-0.2, 0) is 4.79 Å². The molecule has 9 heteroatoms. The topological polar surface area (TPSA) is 96.4 Å². The van der Waals surface area contributed by atoms with Crippen LogP contribution in [0.3, 0.4) is 0 Å². The molecular weight excluding hydrogens is 458 g/mol. The van der Waals surface area contributed by atoms with Crippen LogP contribution in [-0.4, -0.2) is 51.4 Å². The van der Waals surface area contributed by atoms with Crippen molar-refractivity contribution in [3.05, 3.63) is 70.6 Å². The van der Waals surface area contributed by atoms with E-state index in [1.807, 2.05) is 36.6 Å². The van der Waals surface area contributed by atoms with Gasteiger partial charge in [-0.2, -0.15) is 11.8 Å². The molecule has 1 atom stereocenters. The van der Waals surface area contributed by atoms with Crippen LogP contribution in [0.25, 0.3) is 11.3 Å². The van der Waals surface area contributed by atoms with Gasteiger partial charge in [-0.15, -0.1) is 0 Å². The Bertz CT molecular complexity index is 1200. The van der Waals surface area contributed by atoms with Crippen LogP contribution in [0.4, 0.5) is 5.13 Å². The minimum absolute atomic E-state index is 0.161. The van der Waals surface area contributed by atoms with Crippen LogP contribution in [0, 0.1) is 0 Å². The molecule has 2 heterocycles. The van der Waals surface area contributed by atoms with Gasteiger partial charge in [0.05, 0.1) is 21.7 Å². The van der Waals surface area contributed by atoms with Crippen molar-refractivity contribution in [3.8, 4) is 11.3 Å². The van der Waals surface area contributed by atoms with Gasteiger partial charge in [-0.1, -0.05) is 53.8 Å². The van der Waals surface area contributed by atoms with Crippen molar-refractivity contribution in [2.24, 2.45) is 0 Å². The Hall–Kier alpha value is -3.30. The zero-order valence-electron chi connectivity index (χ0n) is 18.0. The Labute approximate surface area is 199 Å². The lowest BCUT2D eigenvalue weighted by Gasteiger charge is -2.24. The molecule has 0 saturated heterocycles. The second-order valence-corrected chi connectivity index (χ2v) is 9.42. The van der Waals surface area contributed by atoms with Crippen LogP contribution in [0.5, 0.6) is 0 Å². The fraction of sp³-hybridized carbons (Fsp3) is 0.208. The molecule has 1 unspecified atom stereocenters. The van der Waals surface area contributed by atoms with Crippen LogP contribution in [0.1, 0.15) is 43.7 Å². The van der Waals surface area contributed by atoms with Crippen molar-refractivity contribution < 1.29 is 19.2 Å². The van der Waals surface area contributed by atoms with Gasteiger partial charge in [-0.05, 0) is 30.6 Å². The zero-order chi connectivity index (χ0) is 23.5. The average molecular weight is 480 g/mol. The molecule has 0 bridgehead atoms. The predicted octanol–water partition coefficient (Wildman–Crippen LogP) is 4.37. The molecule has 1 N–H and O–H groups in total. The Morgan fingerprint density at radius 2 is 1.64 bits per heavy atom. The maximum Gasteiger partial charge on any atom is 0.262 e. The molecule has 168 valence electrons. The number of carbonyl (C=O) groups is 4. The lowest BCUT2D eigenvalue weighted by atomic mass is 10.1. The summed E-state index contributed by atoms with van der Waals surface area (Å²) in [5.74, 6) is -1.05. The number of anilines is 1. The molecule has 0 spiro atoms. The highest BCUT2D eigenvalue weighted by Gasteiger charge is 2.42. The maximum atomic E-state index is 13.3. The normalized spacial score (nSPS) is 13.7. The molecule has 3 aromatic rings. The average Bonchev–Trinajstić information content (AvgIpc) is 3.35. The van der Waals surface area contributed by atoms with Crippen molar-refractivity contribution in [1.29, 1.82) is 0 Å². The number of nitrogens with zero attached hydrogens (tertiary/aromatic N) is 2. The van der Waals surface area contributed by atoms with E-state index in [4.69, 9.17) is 0 Å². The van der Waals surface area contributed by atoms with Gasteiger partial charge >= 0.3 is 0 Å². The van der Waals surface area contributed by atoms with E-state index >= 15 is 0 Å². The lowest BCUT2D eigenvalue weighted by molar-refractivity contribution is -0.120. The maximum absolute atomic E-state index is 13.3. The Morgan fingerprint density at radius 3 is 2.21 bits per heavy atom. The number of fused-ring (bicyclic) bond motifs is 1. The fourth-order valence-corrected chi connectivity index (χ4v) is 5.04. The molecule has 33 heavy (non-hydrogen) atoms.